The highest BCUT2D eigenvalue weighted by molar-refractivity contribution is 5.94. The van der Waals surface area contributed by atoms with E-state index in [4.69, 9.17) is 4.74 Å². The lowest BCUT2D eigenvalue weighted by Gasteiger charge is -2.17. The van der Waals surface area contributed by atoms with E-state index in [1.54, 1.807) is 25.1 Å². The van der Waals surface area contributed by atoms with Gasteiger partial charge in [0.25, 0.3) is 11.5 Å². The lowest BCUT2D eigenvalue weighted by atomic mass is 10.1. The molecule has 1 aromatic carbocycles. The number of carbonyl (C=O) groups excluding carboxylic acids is 1. The predicted molar refractivity (Wildman–Crippen MR) is 116 cm³/mol. The Balaban J connectivity index is 1.65. The molecule has 2 aromatic rings. The molecule has 1 saturated heterocycles. The minimum Gasteiger partial charge on any atom is -0.368 e. The number of nitrogens with zero attached hydrogens (tertiary/aromatic N) is 3. The van der Waals surface area contributed by atoms with E-state index in [9.17, 15) is 24.8 Å². The van der Waals surface area contributed by atoms with Gasteiger partial charge in [-0.25, -0.2) is 4.79 Å². The summed E-state index contributed by atoms with van der Waals surface area (Å²) < 4.78 is 7.81. The van der Waals surface area contributed by atoms with Crippen molar-refractivity contribution in [3.63, 3.8) is 0 Å². The van der Waals surface area contributed by atoms with Gasteiger partial charge in [0.05, 0.1) is 14.1 Å². The Morgan fingerprint density at radius 2 is 2.09 bits per heavy atom. The molecule has 0 spiro atoms. The molecule has 1 fully saturated rings. The van der Waals surface area contributed by atoms with E-state index in [0.29, 0.717) is 36.0 Å². The van der Waals surface area contributed by atoms with Crippen LogP contribution in [0.1, 0.15) is 47.0 Å². The molecule has 0 saturated carbocycles. The molecule has 1 aromatic heterocycles. The predicted octanol–water partition coefficient (Wildman–Crippen LogP) is -0.586. The first-order chi connectivity index (χ1) is 15.2. The van der Waals surface area contributed by atoms with Crippen LogP contribution in [0.2, 0.25) is 0 Å². The van der Waals surface area contributed by atoms with Crippen LogP contribution in [0.15, 0.2) is 34.0 Å². The highest BCUT2D eigenvalue weighted by atomic mass is 16.6. The van der Waals surface area contributed by atoms with Crippen LogP contribution >= 0.6 is 0 Å². The minimum absolute atomic E-state index is 0.126. The van der Waals surface area contributed by atoms with Crippen molar-refractivity contribution in [2.45, 2.75) is 45.2 Å². The maximum atomic E-state index is 12.8. The van der Waals surface area contributed by atoms with Gasteiger partial charge in [0.15, 0.2) is 6.29 Å². The second-order valence-corrected chi connectivity index (χ2v) is 8.06. The number of amides is 1. The van der Waals surface area contributed by atoms with Gasteiger partial charge in [0.1, 0.15) is 23.5 Å². The maximum absolute atomic E-state index is 12.8. The second-order valence-electron chi connectivity index (χ2n) is 8.06. The standard InChI is InChI=1S/C22H27N5O5/c1-14-13-27(18-7-8-19(28)32-18)22(31)26(21(14)30)10-4-9-24-20(29)15-5-6-17(25(2)3)16(11-15)12-23/h5-6,11,13,18-19,28H,4,7-10H2,1-3H3,(H,24,29)/p+1/t18-,19+/m1/s1. The van der Waals surface area contributed by atoms with E-state index in [-0.39, 0.29) is 19.0 Å². The molecule has 0 aliphatic carbocycles. The van der Waals surface area contributed by atoms with Gasteiger partial charge in [-0.3, -0.25) is 18.7 Å². The van der Waals surface area contributed by atoms with Crippen LogP contribution < -0.4 is 21.5 Å². The van der Waals surface area contributed by atoms with Crippen molar-refractivity contribution in [1.29, 1.82) is 5.26 Å². The number of rotatable bonds is 7. The molecule has 3 N–H and O–H groups in total. The van der Waals surface area contributed by atoms with Crippen LogP contribution in [0.25, 0.3) is 0 Å². The number of carbonyl (C=O) groups is 1. The average molecular weight is 442 g/mol. The first-order valence-electron chi connectivity index (χ1n) is 10.5. The number of aromatic nitrogens is 2. The van der Waals surface area contributed by atoms with Crippen LogP contribution in [0.3, 0.4) is 0 Å². The van der Waals surface area contributed by atoms with E-state index in [1.165, 1.54) is 10.8 Å². The summed E-state index contributed by atoms with van der Waals surface area (Å²) in [6, 6.07) is 7.08. The Kier molecular flexibility index (Phi) is 7.25. The summed E-state index contributed by atoms with van der Waals surface area (Å²) in [4.78, 5) is 38.7. The largest absolute Gasteiger partial charge is 0.368 e. The molecule has 1 amide bonds. The lowest BCUT2D eigenvalue weighted by molar-refractivity contribution is -0.786. The van der Waals surface area contributed by atoms with Crippen molar-refractivity contribution >= 4 is 11.6 Å². The molecule has 10 nitrogen and oxygen atoms in total. The van der Waals surface area contributed by atoms with Crippen molar-refractivity contribution in [3.05, 3.63) is 61.9 Å². The summed E-state index contributed by atoms with van der Waals surface area (Å²) in [5.74, 6) is -0.329. The van der Waals surface area contributed by atoms with Crippen molar-refractivity contribution in [2.75, 3.05) is 20.6 Å². The fraction of sp³-hybridized carbons (Fsp3) is 0.455. The lowest BCUT2D eigenvalue weighted by Crippen LogP contribution is -3.00. The summed E-state index contributed by atoms with van der Waals surface area (Å²) in [5.41, 5.74) is 1.11. The Morgan fingerprint density at radius 3 is 2.72 bits per heavy atom. The first-order valence-corrected chi connectivity index (χ1v) is 10.5. The van der Waals surface area contributed by atoms with E-state index < -0.39 is 23.8 Å². The van der Waals surface area contributed by atoms with Gasteiger partial charge in [0.2, 0.25) is 0 Å². The highest BCUT2D eigenvalue weighted by Crippen LogP contribution is 2.25. The average Bonchev–Trinajstić information content (AvgIpc) is 3.20. The third-order valence-corrected chi connectivity index (χ3v) is 5.44. The fourth-order valence-corrected chi connectivity index (χ4v) is 3.72. The van der Waals surface area contributed by atoms with E-state index >= 15 is 0 Å². The van der Waals surface area contributed by atoms with Gasteiger partial charge in [0, 0.05) is 42.9 Å². The molecular formula is C22H28N5O5+. The summed E-state index contributed by atoms with van der Waals surface area (Å²) in [6.07, 6.45) is 1.20. The Morgan fingerprint density at radius 1 is 1.34 bits per heavy atom. The van der Waals surface area contributed by atoms with Gasteiger partial charge in [-0.2, -0.15) is 5.26 Å². The number of nitriles is 1. The molecular weight excluding hydrogens is 414 g/mol. The monoisotopic (exact) mass is 442 g/mol. The van der Waals surface area contributed by atoms with Crippen molar-refractivity contribution in [3.8, 4) is 6.07 Å². The molecule has 0 radical (unpaired) electrons. The summed E-state index contributed by atoms with van der Waals surface area (Å²) in [6.45, 7) is 1.99. The zero-order chi connectivity index (χ0) is 23.4. The molecule has 3 rings (SSSR count). The summed E-state index contributed by atoms with van der Waals surface area (Å²) in [7, 11) is 3.80. The molecule has 1 aliphatic rings. The Hall–Kier alpha value is -3.26. The van der Waals surface area contributed by atoms with Crippen molar-refractivity contribution in [1.82, 2.24) is 14.5 Å². The van der Waals surface area contributed by atoms with Crippen LogP contribution in [0.4, 0.5) is 5.69 Å². The molecule has 2 atom stereocenters. The zero-order valence-corrected chi connectivity index (χ0v) is 18.4. The van der Waals surface area contributed by atoms with E-state index in [0.717, 1.165) is 15.2 Å². The zero-order valence-electron chi connectivity index (χ0n) is 18.4. The molecule has 1 aliphatic heterocycles. The third kappa shape index (κ3) is 4.96. The molecule has 0 bridgehead atoms. The molecule has 32 heavy (non-hydrogen) atoms. The van der Waals surface area contributed by atoms with Gasteiger partial charge in [-0.05, 0) is 31.9 Å². The summed E-state index contributed by atoms with van der Waals surface area (Å²) in [5, 5.41) is 21.7. The smallest absolute Gasteiger partial charge is 0.333 e. The number of nitrogens with one attached hydrogen (secondary N) is 2. The minimum atomic E-state index is -0.919. The van der Waals surface area contributed by atoms with E-state index in [1.807, 2.05) is 14.1 Å². The SMILES string of the molecule is Cc1cn([C@H]2CC[C@@H](O)O2)c(=O)n(CCCNC(=O)c2ccc([NH+](C)C)c(C#N)c2)c1=O. The number of hydrogen-bond donors (Lipinski definition) is 3. The van der Waals surface area contributed by atoms with Gasteiger partial charge < -0.3 is 20.1 Å². The Labute approximate surface area is 185 Å². The molecule has 10 heteroatoms. The number of quaternary nitrogens is 1. The van der Waals surface area contributed by atoms with Crippen molar-refractivity contribution < 1.29 is 19.5 Å². The van der Waals surface area contributed by atoms with Crippen LogP contribution in [-0.2, 0) is 11.3 Å². The number of aryl methyl sites for hydroxylation is 1. The molecule has 2 heterocycles. The van der Waals surface area contributed by atoms with Gasteiger partial charge in [-0.15, -0.1) is 0 Å². The second kappa shape index (κ2) is 9.91. The number of aliphatic hydroxyl groups is 1. The summed E-state index contributed by atoms with van der Waals surface area (Å²) >= 11 is 0. The van der Waals surface area contributed by atoms with Gasteiger partial charge in [-0.1, -0.05) is 0 Å². The highest BCUT2D eigenvalue weighted by Gasteiger charge is 2.26. The molecule has 170 valence electrons. The third-order valence-electron chi connectivity index (χ3n) is 5.44. The van der Waals surface area contributed by atoms with Crippen LogP contribution in [0, 0.1) is 18.3 Å². The van der Waals surface area contributed by atoms with E-state index in [2.05, 4.69) is 11.4 Å². The maximum Gasteiger partial charge on any atom is 0.333 e. The number of hydrogen-bond acceptors (Lipinski definition) is 6. The van der Waals surface area contributed by atoms with Crippen LogP contribution in [0.5, 0.6) is 0 Å². The topological polar surface area (TPSA) is 131 Å². The Bertz CT molecular complexity index is 1160. The normalized spacial score (nSPS) is 18.0. The van der Waals surface area contributed by atoms with Crippen LogP contribution in [-0.4, -0.2) is 47.1 Å². The molecule has 0 unspecified atom stereocenters. The van der Waals surface area contributed by atoms with Gasteiger partial charge >= 0.3 is 5.69 Å². The fourth-order valence-electron chi connectivity index (χ4n) is 3.72. The number of aliphatic hydroxyl groups excluding tert-OH is 1. The van der Waals surface area contributed by atoms with Crippen molar-refractivity contribution in [2.24, 2.45) is 0 Å². The number of ether oxygens (including phenoxy) is 1. The first kappa shape index (κ1) is 23.4. The quantitative estimate of drug-likeness (QED) is 0.492. The number of benzene rings is 1.